The zero-order valence-corrected chi connectivity index (χ0v) is 37.6. The predicted molar refractivity (Wildman–Crippen MR) is 237 cm³/mol. The molecule has 2 saturated heterocycles. The van der Waals surface area contributed by atoms with Crippen molar-refractivity contribution in [1.82, 2.24) is 0 Å². The normalized spacial score (nSPS) is 45.5. The first-order chi connectivity index (χ1) is 30.6. The summed E-state index contributed by atoms with van der Waals surface area (Å²) in [6.45, 7) is 6.74. The third-order valence-electron chi connectivity index (χ3n) is 12.0. The number of allylic oxidation sites excluding steroid dienone is 12. The quantitative estimate of drug-likeness (QED) is 0.174. The monoisotopic (exact) mass is 923 g/mol. The number of hydrogen-bond donors (Lipinski definition) is 12. The molecule has 0 aromatic heterocycles. The number of carboxylic acids is 1. The molecule has 368 valence electrons. The number of carbonyl (C=O) groups excluding carboxylic acids is 1. The lowest BCUT2D eigenvalue weighted by Gasteiger charge is -2.45. The number of cyclic esters (lactones) is 1. The molecule has 3 rings (SSSR count). The number of aliphatic hydroxyl groups is 10. The third-order valence-corrected chi connectivity index (χ3v) is 12.0. The molecular formula is C47H73NO17. The van der Waals surface area contributed by atoms with Crippen LogP contribution in [0.1, 0.15) is 79.1 Å². The Kier molecular flexibility index (Phi) is 23.6. The number of rotatable bonds is 3. The molecule has 2 fully saturated rings. The highest BCUT2D eigenvalue weighted by atomic mass is 16.7. The van der Waals surface area contributed by atoms with Gasteiger partial charge in [-0.15, -0.1) is 0 Å². The highest BCUT2D eigenvalue weighted by Gasteiger charge is 2.51. The second-order valence-electron chi connectivity index (χ2n) is 17.6. The molecule has 0 spiro atoms. The Morgan fingerprint density at radius 3 is 1.82 bits per heavy atom. The number of aliphatic carboxylic acids is 1. The molecule has 0 saturated carbocycles. The summed E-state index contributed by atoms with van der Waals surface area (Å²) >= 11 is 0. The van der Waals surface area contributed by atoms with Gasteiger partial charge in [-0.3, -0.25) is 9.59 Å². The topological polar surface area (TPSA) is 320 Å². The Hall–Kier alpha value is -3.44. The first kappa shape index (κ1) is 55.9. The number of fused-ring (bicyclic) bond motifs is 2. The summed E-state index contributed by atoms with van der Waals surface area (Å²) in [5, 5.41) is 118. The van der Waals surface area contributed by atoms with Crippen LogP contribution in [0.25, 0.3) is 0 Å². The van der Waals surface area contributed by atoms with Crippen molar-refractivity contribution >= 4 is 11.9 Å². The second kappa shape index (κ2) is 27.4. The Balaban J connectivity index is 1.86. The number of carbonyl (C=O) groups is 2. The summed E-state index contributed by atoms with van der Waals surface area (Å²) < 4.78 is 23.1. The first-order valence-corrected chi connectivity index (χ1v) is 22.3. The van der Waals surface area contributed by atoms with Gasteiger partial charge in [-0.25, -0.2) is 0 Å². The highest BCUT2D eigenvalue weighted by Crippen LogP contribution is 2.38. The van der Waals surface area contributed by atoms with Gasteiger partial charge >= 0.3 is 11.9 Å². The Morgan fingerprint density at radius 2 is 1.23 bits per heavy atom. The Labute approximate surface area is 381 Å². The van der Waals surface area contributed by atoms with E-state index in [-0.39, 0.29) is 31.6 Å². The Morgan fingerprint density at radius 1 is 0.662 bits per heavy atom. The lowest BCUT2D eigenvalue weighted by Crippen LogP contribution is -2.61. The molecule has 2 bridgehead atoms. The largest absolute Gasteiger partial charge is 0.481 e. The van der Waals surface area contributed by atoms with Gasteiger partial charge in [-0.2, -0.15) is 0 Å². The zero-order valence-electron chi connectivity index (χ0n) is 37.6. The van der Waals surface area contributed by atoms with Crippen molar-refractivity contribution < 1.29 is 84.7 Å². The van der Waals surface area contributed by atoms with Gasteiger partial charge in [0.15, 0.2) is 12.1 Å². The average Bonchev–Trinajstić information content (AvgIpc) is 3.21. The molecule has 0 radical (unpaired) electrons. The lowest BCUT2D eigenvalue weighted by atomic mass is 9.82. The van der Waals surface area contributed by atoms with Crippen LogP contribution in [0.3, 0.4) is 0 Å². The molecule has 0 amide bonds. The number of ether oxygens (including phenoxy) is 4. The van der Waals surface area contributed by atoms with E-state index in [1.807, 2.05) is 19.1 Å². The van der Waals surface area contributed by atoms with Gasteiger partial charge in [0.25, 0.3) is 0 Å². The van der Waals surface area contributed by atoms with Crippen molar-refractivity contribution in [2.45, 2.75) is 177 Å². The smallest absolute Gasteiger partial charge is 0.311 e. The molecule has 13 N–H and O–H groups in total. The molecule has 18 heteroatoms. The van der Waals surface area contributed by atoms with Gasteiger partial charge in [-0.1, -0.05) is 98.9 Å². The average molecular weight is 924 g/mol. The number of nitrogens with two attached hydrogens (primary N) is 1. The second-order valence-corrected chi connectivity index (χ2v) is 17.6. The van der Waals surface area contributed by atoms with E-state index >= 15 is 0 Å². The highest BCUT2D eigenvalue weighted by molar-refractivity contribution is 5.71. The van der Waals surface area contributed by atoms with E-state index in [1.165, 1.54) is 13.0 Å². The van der Waals surface area contributed by atoms with Crippen LogP contribution in [-0.2, 0) is 28.5 Å². The van der Waals surface area contributed by atoms with Crippen molar-refractivity contribution in [3.63, 3.8) is 0 Å². The Bertz CT molecular complexity index is 1670. The molecule has 0 aromatic carbocycles. The van der Waals surface area contributed by atoms with Gasteiger partial charge in [0, 0.05) is 37.5 Å². The van der Waals surface area contributed by atoms with Gasteiger partial charge in [-0.05, 0) is 33.1 Å². The molecule has 3 aliphatic rings. The molecule has 18 nitrogen and oxygen atoms in total. The van der Waals surface area contributed by atoms with Crippen LogP contribution in [-0.4, -0.2) is 166 Å². The minimum atomic E-state index is -2.33. The molecule has 19 atom stereocenters. The minimum absolute atomic E-state index is 0.107. The molecule has 0 aliphatic carbocycles. The van der Waals surface area contributed by atoms with Crippen LogP contribution < -0.4 is 5.73 Å². The van der Waals surface area contributed by atoms with Crippen molar-refractivity contribution in [3.8, 4) is 0 Å². The van der Waals surface area contributed by atoms with E-state index in [9.17, 15) is 65.8 Å². The molecular weight excluding hydrogens is 851 g/mol. The SMILES string of the molecule is C[C@@H]1[C@H](O)[C@@H](C)/C=C/C=C/C=C/C=C/C=C/C=C/C=C/[C@H](O[C@@H]2O[C@H](C)[C@@H](O)[C@H](N)[C@@H]2O)C[C@@H]2O[C@@](O)(C[C@@H](O)C[C@@H](O)[C@H](O)CC[C@H](O)C[C@@H](O)CC(=O)O[C@H]1C)C[C@H](O)[C@H]2C(=O)O. The van der Waals surface area contributed by atoms with Crippen molar-refractivity contribution in [2.24, 2.45) is 23.5 Å². The first-order valence-electron chi connectivity index (χ1n) is 22.3. The number of carboxylic acid groups (broad SMARTS) is 1. The van der Waals surface area contributed by atoms with Crippen LogP contribution >= 0.6 is 0 Å². The molecule has 65 heavy (non-hydrogen) atoms. The van der Waals surface area contributed by atoms with Crippen molar-refractivity contribution in [2.75, 3.05) is 0 Å². The third kappa shape index (κ3) is 18.6. The van der Waals surface area contributed by atoms with E-state index in [0.717, 1.165) is 0 Å². The fraction of sp³-hybridized carbons (Fsp3) is 0.660. The minimum Gasteiger partial charge on any atom is -0.481 e. The lowest BCUT2D eigenvalue weighted by molar-refractivity contribution is -0.308. The van der Waals surface area contributed by atoms with Crippen LogP contribution in [0.2, 0.25) is 0 Å². The summed E-state index contributed by atoms with van der Waals surface area (Å²) in [5.41, 5.74) is 6.02. The van der Waals surface area contributed by atoms with E-state index < -0.39 is 147 Å². The maximum atomic E-state index is 12.6. The van der Waals surface area contributed by atoms with Crippen molar-refractivity contribution in [3.05, 3.63) is 85.1 Å². The summed E-state index contributed by atoms with van der Waals surface area (Å²) in [5.74, 6) is -6.83. The maximum Gasteiger partial charge on any atom is 0.311 e. The summed E-state index contributed by atoms with van der Waals surface area (Å²) in [6, 6.07) is -1.15. The molecule has 3 aliphatic heterocycles. The van der Waals surface area contributed by atoms with E-state index in [2.05, 4.69) is 0 Å². The van der Waals surface area contributed by atoms with Crippen molar-refractivity contribution in [1.29, 1.82) is 0 Å². The van der Waals surface area contributed by atoms with Crippen LogP contribution in [0.4, 0.5) is 0 Å². The zero-order chi connectivity index (χ0) is 48.4. The maximum absolute atomic E-state index is 12.6. The molecule has 3 heterocycles. The standard InChI is InChI=1S/C47H73NO17/c1-27-17-15-13-11-9-7-5-6-8-10-12-14-16-18-34(64-46-44(58)41(48)43(57)30(4)63-46)24-38-40(45(59)60)37(54)26-47(61,65-38)25-33(51)22-36(53)35(52)20-19-31(49)21-32(50)23-39(55)62-29(3)28(2)42(27)56/h5-18,27-38,40-44,46,49-54,56-58,61H,19-26,48H2,1-4H3,(H,59,60)/b6-5+,9-7+,10-8+,13-11+,14-12+,17-15+,18-16+/t27-,28-,29-,30+,31-,32+,33-,34-,35+,36+,37-,38-,40+,41-,42+,43+,44-,46-,47-/m0/s1. The number of esters is 1. The fourth-order valence-corrected chi connectivity index (χ4v) is 7.97. The summed E-state index contributed by atoms with van der Waals surface area (Å²) in [4.78, 5) is 25.1. The van der Waals surface area contributed by atoms with Crippen LogP contribution in [0, 0.1) is 17.8 Å². The van der Waals surface area contributed by atoms with E-state index in [1.54, 1.807) is 80.7 Å². The van der Waals surface area contributed by atoms with Gasteiger partial charge in [0.05, 0.1) is 79.6 Å². The molecule has 0 aromatic rings. The fourth-order valence-electron chi connectivity index (χ4n) is 7.97. The van der Waals surface area contributed by atoms with Crippen LogP contribution in [0.5, 0.6) is 0 Å². The predicted octanol–water partition coefficient (Wildman–Crippen LogP) is 0.712. The number of hydrogen-bond acceptors (Lipinski definition) is 17. The van der Waals surface area contributed by atoms with E-state index in [0.29, 0.717) is 0 Å². The summed E-state index contributed by atoms with van der Waals surface area (Å²) in [7, 11) is 0. The number of aliphatic hydroxyl groups excluding tert-OH is 9. The summed E-state index contributed by atoms with van der Waals surface area (Å²) in [6.07, 6.45) is 3.46. The van der Waals surface area contributed by atoms with E-state index in [4.69, 9.17) is 24.7 Å². The van der Waals surface area contributed by atoms with Gasteiger partial charge < -0.3 is 80.9 Å². The van der Waals surface area contributed by atoms with Gasteiger partial charge in [0.1, 0.15) is 18.1 Å². The molecule has 0 unspecified atom stereocenters. The van der Waals surface area contributed by atoms with Crippen LogP contribution in [0.15, 0.2) is 85.1 Å². The van der Waals surface area contributed by atoms with Gasteiger partial charge in [0.2, 0.25) is 0 Å².